The van der Waals surface area contributed by atoms with E-state index in [1.54, 1.807) is 32.0 Å². The Bertz CT molecular complexity index is 1320. The molecule has 31 heavy (non-hydrogen) atoms. The van der Waals surface area contributed by atoms with Crippen LogP contribution in [0.25, 0.3) is 28.2 Å². The molecule has 1 aromatic heterocycles. The van der Waals surface area contributed by atoms with E-state index >= 15 is 0 Å². The SMILES string of the molecule is CC(C)(O)c1cn(-c2ccc(-c3cccc(S(C)(=O)=O)c3)cc2)c(-c2ccccc2)n1. The fraction of sp³-hybridized carbons (Fsp3) is 0.160. The van der Waals surface area contributed by atoms with Crippen molar-refractivity contribution in [2.75, 3.05) is 6.26 Å². The lowest BCUT2D eigenvalue weighted by molar-refractivity contribution is 0.0743. The number of hydrogen-bond donors (Lipinski definition) is 1. The van der Waals surface area contributed by atoms with Crippen molar-refractivity contribution < 1.29 is 13.5 Å². The second-order valence-electron chi connectivity index (χ2n) is 8.09. The van der Waals surface area contributed by atoms with Crippen molar-refractivity contribution in [1.82, 2.24) is 9.55 Å². The Hall–Kier alpha value is -3.22. The second kappa shape index (κ2) is 7.80. The summed E-state index contributed by atoms with van der Waals surface area (Å²) in [6, 6.07) is 24.6. The highest BCUT2D eigenvalue weighted by Crippen LogP contribution is 2.29. The van der Waals surface area contributed by atoms with E-state index in [4.69, 9.17) is 4.98 Å². The van der Waals surface area contributed by atoms with E-state index in [1.165, 1.54) is 6.26 Å². The number of aromatic nitrogens is 2. The molecule has 0 fully saturated rings. The molecule has 1 N–H and O–H groups in total. The molecule has 0 spiro atoms. The minimum atomic E-state index is -3.27. The van der Waals surface area contributed by atoms with Gasteiger partial charge in [-0.25, -0.2) is 13.4 Å². The van der Waals surface area contributed by atoms with Crippen molar-refractivity contribution in [2.45, 2.75) is 24.3 Å². The Morgan fingerprint density at radius 3 is 2.10 bits per heavy atom. The molecule has 0 aliphatic rings. The highest BCUT2D eigenvalue weighted by atomic mass is 32.2. The van der Waals surface area contributed by atoms with Crippen LogP contribution in [-0.2, 0) is 15.4 Å². The van der Waals surface area contributed by atoms with Gasteiger partial charge in [0.15, 0.2) is 9.84 Å². The van der Waals surface area contributed by atoms with Crippen LogP contribution in [-0.4, -0.2) is 29.3 Å². The third kappa shape index (κ3) is 4.45. The topological polar surface area (TPSA) is 72.2 Å². The molecule has 0 amide bonds. The van der Waals surface area contributed by atoms with E-state index in [0.29, 0.717) is 10.6 Å². The number of aliphatic hydroxyl groups is 1. The molecule has 0 aliphatic carbocycles. The van der Waals surface area contributed by atoms with E-state index in [2.05, 4.69) is 0 Å². The fourth-order valence-electron chi connectivity index (χ4n) is 3.38. The minimum Gasteiger partial charge on any atom is -0.384 e. The Morgan fingerprint density at radius 2 is 1.48 bits per heavy atom. The van der Waals surface area contributed by atoms with Crippen molar-refractivity contribution in [1.29, 1.82) is 0 Å². The molecule has 4 aromatic rings. The lowest BCUT2D eigenvalue weighted by Gasteiger charge is -2.13. The van der Waals surface area contributed by atoms with Crippen LogP contribution in [0.4, 0.5) is 0 Å². The summed E-state index contributed by atoms with van der Waals surface area (Å²) in [5, 5.41) is 10.5. The maximum absolute atomic E-state index is 11.9. The van der Waals surface area contributed by atoms with Crippen LogP contribution < -0.4 is 0 Å². The lowest BCUT2D eigenvalue weighted by Crippen LogP contribution is -2.15. The molecular formula is C25H24N2O3S. The third-order valence-corrected chi connectivity index (χ3v) is 6.22. The molecule has 0 unspecified atom stereocenters. The van der Waals surface area contributed by atoms with Crippen molar-refractivity contribution in [3.8, 4) is 28.2 Å². The van der Waals surface area contributed by atoms with Crippen molar-refractivity contribution in [2.24, 2.45) is 0 Å². The van der Waals surface area contributed by atoms with Gasteiger partial charge in [-0.2, -0.15) is 0 Å². The molecule has 1 heterocycles. The first kappa shape index (κ1) is 21.0. The summed E-state index contributed by atoms with van der Waals surface area (Å²) >= 11 is 0. The minimum absolute atomic E-state index is 0.296. The van der Waals surface area contributed by atoms with E-state index < -0.39 is 15.4 Å². The summed E-state index contributed by atoms with van der Waals surface area (Å²) in [5.41, 5.74) is 3.10. The quantitative estimate of drug-likeness (QED) is 0.490. The third-order valence-electron chi connectivity index (χ3n) is 5.11. The van der Waals surface area contributed by atoms with Crippen LogP contribution in [0.15, 0.2) is 90.0 Å². The van der Waals surface area contributed by atoms with Gasteiger partial charge in [0.1, 0.15) is 11.4 Å². The number of hydrogen-bond acceptors (Lipinski definition) is 4. The maximum Gasteiger partial charge on any atom is 0.175 e. The first-order valence-corrected chi connectivity index (χ1v) is 11.8. The van der Waals surface area contributed by atoms with E-state index in [0.717, 1.165) is 28.2 Å². The zero-order valence-electron chi connectivity index (χ0n) is 17.6. The summed E-state index contributed by atoms with van der Waals surface area (Å²) < 4.78 is 25.7. The van der Waals surface area contributed by atoms with Gasteiger partial charge in [-0.05, 0) is 49.2 Å². The Labute approximate surface area is 182 Å². The summed E-state index contributed by atoms with van der Waals surface area (Å²) in [7, 11) is -3.27. The average Bonchev–Trinajstić information content (AvgIpc) is 3.20. The maximum atomic E-state index is 11.9. The molecule has 3 aromatic carbocycles. The molecule has 0 saturated carbocycles. The molecule has 6 heteroatoms. The fourth-order valence-corrected chi connectivity index (χ4v) is 4.05. The van der Waals surface area contributed by atoms with Gasteiger partial charge in [-0.15, -0.1) is 0 Å². The van der Waals surface area contributed by atoms with Crippen LogP contribution in [0.3, 0.4) is 0 Å². The smallest absolute Gasteiger partial charge is 0.175 e. The number of imidazole rings is 1. The van der Waals surface area contributed by atoms with Crippen molar-refractivity contribution >= 4 is 9.84 Å². The summed E-state index contributed by atoms with van der Waals surface area (Å²) in [4.78, 5) is 4.99. The first-order chi connectivity index (χ1) is 14.6. The van der Waals surface area contributed by atoms with Crippen LogP contribution in [0, 0.1) is 0 Å². The Kier molecular flexibility index (Phi) is 5.29. The largest absolute Gasteiger partial charge is 0.384 e. The van der Waals surface area contributed by atoms with Crippen molar-refractivity contribution in [3.05, 3.63) is 90.8 Å². The molecule has 0 radical (unpaired) electrons. The summed E-state index contributed by atoms with van der Waals surface area (Å²) in [6.07, 6.45) is 3.06. The molecule has 0 bridgehead atoms. The van der Waals surface area contributed by atoms with Crippen LogP contribution in [0.1, 0.15) is 19.5 Å². The molecule has 0 aliphatic heterocycles. The molecular weight excluding hydrogens is 408 g/mol. The average molecular weight is 433 g/mol. The molecule has 5 nitrogen and oxygen atoms in total. The number of nitrogens with zero attached hydrogens (tertiary/aromatic N) is 2. The zero-order valence-corrected chi connectivity index (χ0v) is 18.5. The normalized spacial score (nSPS) is 12.1. The predicted molar refractivity (Wildman–Crippen MR) is 123 cm³/mol. The van der Waals surface area contributed by atoms with E-state index in [1.807, 2.05) is 71.4 Å². The van der Waals surface area contributed by atoms with Gasteiger partial charge in [0.2, 0.25) is 0 Å². The van der Waals surface area contributed by atoms with Crippen LogP contribution in [0.2, 0.25) is 0 Å². The van der Waals surface area contributed by atoms with E-state index in [-0.39, 0.29) is 0 Å². The highest BCUT2D eigenvalue weighted by Gasteiger charge is 2.23. The monoisotopic (exact) mass is 432 g/mol. The van der Waals surface area contributed by atoms with Crippen molar-refractivity contribution in [3.63, 3.8) is 0 Å². The van der Waals surface area contributed by atoms with E-state index in [9.17, 15) is 13.5 Å². The zero-order chi connectivity index (χ0) is 22.2. The van der Waals surface area contributed by atoms with Gasteiger partial charge in [0, 0.05) is 23.7 Å². The van der Waals surface area contributed by atoms with Gasteiger partial charge in [0.05, 0.1) is 10.6 Å². The van der Waals surface area contributed by atoms with Gasteiger partial charge in [-0.3, -0.25) is 4.57 Å². The van der Waals surface area contributed by atoms with Crippen LogP contribution >= 0.6 is 0 Å². The summed E-state index contributed by atoms with van der Waals surface area (Å²) in [6.45, 7) is 3.43. The predicted octanol–water partition coefficient (Wildman–Crippen LogP) is 4.84. The molecule has 0 saturated heterocycles. The van der Waals surface area contributed by atoms with Gasteiger partial charge < -0.3 is 5.11 Å². The van der Waals surface area contributed by atoms with Gasteiger partial charge in [-0.1, -0.05) is 54.6 Å². The first-order valence-electron chi connectivity index (χ1n) is 9.91. The Morgan fingerprint density at radius 1 is 0.839 bits per heavy atom. The van der Waals surface area contributed by atoms with Gasteiger partial charge in [0.25, 0.3) is 0 Å². The lowest BCUT2D eigenvalue weighted by atomic mass is 10.1. The molecule has 4 rings (SSSR count). The summed E-state index contributed by atoms with van der Waals surface area (Å²) in [5.74, 6) is 0.740. The number of benzene rings is 3. The number of sulfone groups is 1. The molecule has 158 valence electrons. The highest BCUT2D eigenvalue weighted by molar-refractivity contribution is 7.90. The second-order valence-corrected chi connectivity index (χ2v) is 10.1. The standard InChI is InChI=1S/C25H24N2O3S/c1-25(2,28)23-17-27(24(26-23)19-8-5-4-6-9-19)21-14-12-18(13-15-21)20-10-7-11-22(16-20)31(3,29)30/h4-17,28H,1-3H3. The molecule has 0 atom stereocenters. The van der Waals surface area contributed by atoms with Gasteiger partial charge >= 0.3 is 0 Å². The number of rotatable bonds is 5. The van der Waals surface area contributed by atoms with Crippen LogP contribution in [0.5, 0.6) is 0 Å². The Balaban J connectivity index is 1.77.